The Labute approximate surface area is 156 Å². The first-order valence-electron chi connectivity index (χ1n) is 8.83. The van der Waals surface area contributed by atoms with Gasteiger partial charge in [0.15, 0.2) is 0 Å². The van der Waals surface area contributed by atoms with E-state index in [2.05, 4.69) is 48.1 Å². The number of nitrogens with zero attached hydrogens (tertiary/aromatic N) is 2. The summed E-state index contributed by atoms with van der Waals surface area (Å²) >= 11 is 0. The van der Waals surface area contributed by atoms with Crippen LogP contribution in [0.15, 0.2) is 65.1 Å². The van der Waals surface area contributed by atoms with Crippen molar-refractivity contribution in [2.75, 3.05) is 0 Å². The molecule has 0 amide bonds. The van der Waals surface area contributed by atoms with E-state index in [9.17, 15) is 4.79 Å². The number of hydrogen-bond donors (Lipinski definition) is 1. The average Bonchev–Trinajstić information content (AvgIpc) is 2.68. The first kappa shape index (κ1) is 21.3. The van der Waals surface area contributed by atoms with Crippen LogP contribution < -0.4 is 0 Å². The van der Waals surface area contributed by atoms with Crippen LogP contribution in [0.25, 0.3) is 0 Å². The highest BCUT2D eigenvalue weighted by atomic mass is 16.4. The lowest BCUT2D eigenvalue weighted by Gasteiger charge is -2.02. The normalized spacial score (nSPS) is 12.0. The van der Waals surface area contributed by atoms with Crippen molar-refractivity contribution in [1.29, 1.82) is 0 Å². The molecule has 0 atom stereocenters. The topological polar surface area (TPSA) is 62.5 Å². The minimum atomic E-state index is -0.944. The average molecular weight is 352 g/mol. The smallest absolute Gasteiger partial charge is 0.333 e. The van der Waals surface area contributed by atoms with E-state index in [1.165, 1.54) is 18.1 Å². The molecular weight excluding hydrogens is 324 g/mol. The molecule has 0 fully saturated rings. The largest absolute Gasteiger partial charge is 0.478 e. The number of aliphatic carboxylic acids is 1. The summed E-state index contributed by atoms with van der Waals surface area (Å²) in [5.41, 5.74) is 5.39. The monoisotopic (exact) mass is 352 g/mol. The highest BCUT2D eigenvalue weighted by Gasteiger charge is 2.05. The summed E-state index contributed by atoms with van der Waals surface area (Å²) in [7, 11) is 0. The van der Waals surface area contributed by atoms with Crippen LogP contribution in [-0.4, -0.2) is 21.8 Å². The van der Waals surface area contributed by atoms with Gasteiger partial charge in [0.2, 0.25) is 0 Å². The first-order chi connectivity index (χ1) is 12.4. The lowest BCUT2D eigenvalue weighted by Crippen LogP contribution is -2.01. The molecule has 138 valence electrons. The van der Waals surface area contributed by atoms with Gasteiger partial charge in [-0.1, -0.05) is 44.2 Å². The van der Waals surface area contributed by atoms with Gasteiger partial charge >= 0.3 is 5.97 Å². The third-order valence-corrected chi connectivity index (χ3v) is 4.16. The maximum absolute atomic E-state index is 10.7. The van der Waals surface area contributed by atoms with E-state index < -0.39 is 5.97 Å². The predicted molar refractivity (Wildman–Crippen MR) is 108 cm³/mol. The zero-order valence-electron chi connectivity index (χ0n) is 16.3. The minimum absolute atomic E-state index is 0.253. The molecule has 0 saturated carbocycles. The summed E-state index contributed by atoms with van der Waals surface area (Å²) in [6.07, 6.45) is 5.69. The van der Waals surface area contributed by atoms with Crippen LogP contribution in [0, 0.1) is 0 Å². The summed E-state index contributed by atoms with van der Waals surface area (Å²) < 4.78 is 0. The molecule has 4 heteroatoms. The molecule has 0 aliphatic rings. The van der Waals surface area contributed by atoms with E-state index in [1.807, 2.05) is 19.1 Å². The Morgan fingerprint density at radius 2 is 1.58 bits per heavy atom. The van der Waals surface area contributed by atoms with Crippen molar-refractivity contribution in [3.05, 3.63) is 76.8 Å². The predicted octanol–water partition coefficient (Wildman–Crippen LogP) is 5.08. The van der Waals surface area contributed by atoms with Gasteiger partial charge in [0.05, 0.1) is 5.57 Å². The number of rotatable bonds is 5. The molecule has 0 saturated heterocycles. The van der Waals surface area contributed by atoms with Gasteiger partial charge in [0.1, 0.15) is 0 Å². The Bertz CT molecular complexity index is 755. The second kappa shape index (κ2) is 11.0. The molecule has 0 unspecified atom stereocenters. The summed E-state index contributed by atoms with van der Waals surface area (Å²) in [5, 5.41) is 8.80. The van der Waals surface area contributed by atoms with Gasteiger partial charge in [-0.2, -0.15) is 0 Å². The number of carbonyl (C=O) groups is 1. The second-order valence-corrected chi connectivity index (χ2v) is 5.93. The van der Waals surface area contributed by atoms with Gasteiger partial charge in [0, 0.05) is 29.4 Å². The van der Waals surface area contributed by atoms with Crippen LogP contribution in [-0.2, 0) is 17.6 Å². The van der Waals surface area contributed by atoms with Crippen LogP contribution in [0.2, 0.25) is 0 Å². The summed E-state index contributed by atoms with van der Waals surface area (Å²) in [6.45, 7) is 9.46. The number of aromatic nitrogens is 1. The molecular formula is C22H28N2O2. The lowest BCUT2D eigenvalue weighted by atomic mass is 10.0. The van der Waals surface area contributed by atoms with Crippen LogP contribution >= 0.6 is 0 Å². The highest BCUT2D eigenvalue weighted by Crippen LogP contribution is 2.09. The zero-order chi connectivity index (χ0) is 19.5. The van der Waals surface area contributed by atoms with Crippen molar-refractivity contribution in [2.45, 2.75) is 47.5 Å². The first-order valence-corrected chi connectivity index (χ1v) is 8.83. The molecule has 1 aromatic carbocycles. The van der Waals surface area contributed by atoms with E-state index in [4.69, 9.17) is 5.11 Å². The second-order valence-electron chi connectivity index (χ2n) is 5.93. The third-order valence-electron chi connectivity index (χ3n) is 4.16. The van der Waals surface area contributed by atoms with Gasteiger partial charge in [0.25, 0.3) is 0 Å². The molecule has 0 aliphatic heterocycles. The van der Waals surface area contributed by atoms with E-state index >= 15 is 0 Å². The number of pyridine rings is 1. The number of carboxylic acids is 1. The molecule has 2 rings (SSSR count). The molecule has 0 spiro atoms. The number of aliphatic imine (C=N–C) groups is 1. The Balaban J connectivity index is 0.000000289. The van der Waals surface area contributed by atoms with E-state index in [0.29, 0.717) is 5.70 Å². The van der Waals surface area contributed by atoms with Crippen molar-refractivity contribution in [3.63, 3.8) is 0 Å². The van der Waals surface area contributed by atoms with E-state index in [0.717, 1.165) is 24.1 Å². The number of carboxylic acid groups (broad SMARTS) is 1. The van der Waals surface area contributed by atoms with Crippen molar-refractivity contribution < 1.29 is 9.90 Å². The fourth-order valence-corrected chi connectivity index (χ4v) is 2.38. The number of hydrogen-bond acceptors (Lipinski definition) is 3. The third kappa shape index (κ3) is 6.63. The van der Waals surface area contributed by atoms with Gasteiger partial charge in [-0.3, -0.25) is 9.98 Å². The molecule has 0 bridgehead atoms. The molecule has 1 N–H and O–H groups in total. The number of allylic oxidation sites excluding steroid dienone is 1. The van der Waals surface area contributed by atoms with Gasteiger partial charge in [-0.25, -0.2) is 4.79 Å². The fraction of sp³-hybridized carbons (Fsp3) is 0.318. The Morgan fingerprint density at radius 1 is 1.00 bits per heavy atom. The quantitative estimate of drug-likeness (QED) is 0.603. The van der Waals surface area contributed by atoms with Gasteiger partial charge < -0.3 is 5.11 Å². The molecule has 4 nitrogen and oxygen atoms in total. The van der Waals surface area contributed by atoms with Crippen LogP contribution in [0.3, 0.4) is 0 Å². The number of aryl methyl sites for hydroxylation is 2. The fourth-order valence-electron chi connectivity index (χ4n) is 2.38. The Kier molecular flexibility index (Phi) is 8.99. The Morgan fingerprint density at radius 3 is 2.00 bits per heavy atom. The minimum Gasteiger partial charge on any atom is -0.478 e. The molecule has 0 aliphatic carbocycles. The summed E-state index contributed by atoms with van der Waals surface area (Å²) in [6, 6.07) is 12.3. The molecule has 1 heterocycles. The highest BCUT2D eigenvalue weighted by molar-refractivity contribution is 5.99. The molecule has 2 aromatic rings. The van der Waals surface area contributed by atoms with Gasteiger partial charge in [-0.15, -0.1) is 0 Å². The van der Waals surface area contributed by atoms with Crippen molar-refractivity contribution >= 4 is 11.7 Å². The molecule has 1 aromatic heterocycles. The van der Waals surface area contributed by atoms with Crippen molar-refractivity contribution in [3.8, 4) is 0 Å². The standard InChI is InChI=1S/C12H14N2O2.C10H14/c1-8(12(15)16)9(2)14-10(3)11-5-4-6-13-7-11;1-3-9-7-5-6-8-10(9)4-2/h4-7H,1-3H3,(H,15,16);5-8H,3-4H2,1-2H3/b9-8+,14-10?;. The van der Waals surface area contributed by atoms with Gasteiger partial charge in [-0.05, 0) is 50.8 Å². The number of benzene rings is 1. The zero-order valence-corrected chi connectivity index (χ0v) is 16.3. The van der Waals surface area contributed by atoms with Crippen LogP contribution in [0.4, 0.5) is 0 Å². The lowest BCUT2D eigenvalue weighted by molar-refractivity contribution is -0.132. The van der Waals surface area contributed by atoms with Crippen LogP contribution in [0.1, 0.15) is 51.3 Å². The van der Waals surface area contributed by atoms with Crippen molar-refractivity contribution in [2.24, 2.45) is 4.99 Å². The van der Waals surface area contributed by atoms with E-state index in [-0.39, 0.29) is 5.57 Å². The molecule has 0 radical (unpaired) electrons. The maximum Gasteiger partial charge on any atom is 0.333 e. The van der Waals surface area contributed by atoms with E-state index in [1.54, 1.807) is 19.3 Å². The SMILES string of the molecule is CC(=N/C(C)=C(\C)C(=O)O)c1cccnc1.CCc1ccccc1CC. The maximum atomic E-state index is 10.7. The van der Waals surface area contributed by atoms with Crippen molar-refractivity contribution in [1.82, 2.24) is 4.98 Å². The Hall–Kier alpha value is -2.75. The summed E-state index contributed by atoms with van der Waals surface area (Å²) in [5.74, 6) is -0.944. The summed E-state index contributed by atoms with van der Waals surface area (Å²) in [4.78, 5) is 18.9. The van der Waals surface area contributed by atoms with Crippen LogP contribution in [0.5, 0.6) is 0 Å². The molecule has 26 heavy (non-hydrogen) atoms.